The van der Waals surface area contributed by atoms with Crippen molar-refractivity contribution in [2.75, 3.05) is 23.7 Å². The summed E-state index contributed by atoms with van der Waals surface area (Å²) >= 11 is 0. The molecule has 4 aromatic heterocycles. The summed E-state index contributed by atoms with van der Waals surface area (Å²) in [7, 11) is -3.48. The molecule has 1 amide bonds. The SMILES string of the molecule is C[C@@H]1CCS(=O)(=O)c2cc(C(=O)NCc3cc4nc(-c5cccc(N6C[C@@H](C)O[C@@H](C)C6)n5)ccc4cn3)cnc2C1. The fourth-order valence-electron chi connectivity index (χ4n) is 5.60. The Bertz CT molecular complexity index is 1750. The van der Waals surface area contributed by atoms with Gasteiger partial charge in [0, 0.05) is 30.9 Å². The smallest absolute Gasteiger partial charge is 0.253 e. The number of aromatic nitrogens is 4. The minimum Gasteiger partial charge on any atom is -0.372 e. The molecule has 42 heavy (non-hydrogen) atoms. The van der Waals surface area contributed by atoms with E-state index < -0.39 is 15.7 Å². The number of hydrogen-bond donors (Lipinski definition) is 1. The van der Waals surface area contributed by atoms with Gasteiger partial charge in [-0.25, -0.2) is 18.4 Å². The lowest BCUT2D eigenvalue weighted by atomic mass is 10.0. The molecule has 1 fully saturated rings. The molecule has 4 aromatic rings. The highest BCUT2D eigenvalue weighted by Crippen LogP contribution is 2.27. The number of nitrogens with zero attached hydrogens (tertiary/aromatic N) is 5. The normalized spacial score (nSPS) is 21.9. The lowest BCUT2D eigenvalue weighted by Crippen LogP contribution is -2.45. The summed E-state index contributed by atoms with van der Waals surface area (Å²) in [4.78, 5) is 33.9. The average molecular weight is 587 g/mol. The molecule has 0 saturated carbocycles. The third kappa shape index (κ3) is 5.98. The van der Waals surface area contributed by atoms with Crippen molar-refractivity contribution in [3.8, 4) is 11.4 Å². The molecular weight excluding hydrogens is 552 g/mol. The summed E-state index contributed by atoms with van der Waals surface area (Å²) < 4.78 is 31.4. The first-order valence-electron chi connectivity index (χ1n) is 14.3. The Morgan fingerprint density at radius 3 is 2.60 bits per heavy atom. The summed E-state index contributed by atoms with van der Waals surface area (Å²) in [6.07, 6.45) is 4.60. The third-order valence-corrected chi connectivity index (χ3v) is 9.55. The van der Waals surface area contributed by atoms with Gasteiger partial charge in [0.2, 0.25) is 0 Å². The summed E-state index contributed by atoms with van der Waals surface area (Å²) in [5, 5.41) is 3.71. The van der Waals surface area contributed by atoms with Crippen LogP contribution in [0.1, 0.15) is 48.9 Å². The zero-order valence-electron chi connectivity index (χ0n) is 23.9. The molecule has 11 heteroatoms. The van der Waals surface area contributed by atoms with Crippen molar-refractivity contribution in [3.63, 3.8) is 0 Å². The first kappa shape index (κ1) is 28.2. The van der Waals surface area contributed by atoms with Crippen LogP contribution in [-0.2, 0) is 27.5 Å². The Hall–Kier alpha value is -3.96. The minimum atomic E-state index is -3.48. The highest BCUT2D eigenvalue weighted by atomic mass is 32.2. The van der Waals surface area contributed by atoms with Gasteiger partial charge < -0.3 is 15.0 Å². The van der Waals surface area contributed by atoms with Gasteiger partial charge in [-0.15, -0.1) is 0 Å². The number of morpholine rings is 1. The van der Waals surface area contributed by atoms with Gasteiger partial charge in [0.25, 0.3) is 5.91 Å². The van der Waals surface area contributed by atoms with E-state index in [1.807, 2.05) is 43.3 Å². The van der Waals surface area contributed by atoms with E-state index in [1.54, 1.807) is 6.20 Å². The molecule has 3 atom stereocenters. The van der Waals surface area contributed by atoms with Gasteiger partial charge >= 0.3 is 0 Å². The molecule has 2 aliphatic heterocycles. The van der Waals surface area contributed by atoms with Crippen LogP contribution in [0.25, 0.3) is 22.3 Å². The number of anilines is 1. The molecule has 0 aromatic carbocycles. The second-order valence-electron chi connectivity index (χ2n) is 11.4. The molecule has 0 radical (unpaired) electrons. The van der Waals surface area contributed by atoms with Crippen LogP contribution in [0, 0.1) is 5.92 Å². The summed E-state index contributed by atoms with van der Waals surface area (Å²) in [6, 6.07) is 13.1. The number of hydrogen-bond acceptors (Lipinski definition) is 9. The quantitative estimate of drug-likeness (QED) is 0.369. The third-order valence-electron chi connectivity index (χ3n) is 7.75. The van der Waals surface area contributed by atoms with E-state index in [9.17, 15) is 13.2 Å². The number of fused-ring (bicyclic) bond motifs is 2. The number of amides is 1. The number of rotatable bonds is 5. The second kappa shape index (κ2) is 11.4. The maximum Gasteiger partial charge on any atom is 0.253 e. The molecular formula is C31H34N6O4S. The van der Waals surface area contributed by atoms with Gasteiger partial charge in [-0.05, 0) is 69.0 Å². The topological polar surface area (TPSA) is 127 Å². The van der Waals surface area contributed by atoms with Crippen molar-refractivity contribution in [1.29, 1.82) is 0 Å². The molecule has 0 bridgehead atoms. The molecule has 2 aliphatic rings. The van der Waals surface area contributed by atoms with Gasteiger partial charge in [-0.1, -0.05) is 13.0 Å². The van der Waals surface area contributed by atoms with Gasteiger partial charge in [0.1, 0.15) is 5.82 Å². The predicted octanol–water partition coefficient (Wildman–Crippen LogP) is 3.99. The predicted molar refractivity (Wildman–Crippen MR) is 160 cm³/mol. The first-order chi connectivity index (χ1) is 20.1. The van der Waals surface area contributed by atoms with E-state index in [1.165, 1.54) is 12.3 Å². The monoisotopic (exact) mass is 586 g/mol. The van der Waals surface area contributed by atoms with Crippen LogP contribution < -0.4 is 10.2 Å². The standard InChI is InChI=1S/C31H34N6O4S/c1-19-9-10-42(39,40)29-12-23(15-33-28(29)11-19)31(38)34-16-24-13-27-22(14-32-24)7-8-26(35-27)25-5-4-6-30(36-25)37-17-20(2)41-21(3)18-37/h4-8,12-15,19-21H,9-11,16-18H2,1-3H3,(H,34,38)/t19-,20-,21+/m1/s1. The Morgan fingerprint density at radius 1 is 1.00 bits per heavy atom. The molecule has 6 rings (SSSR count). The van der Waals surface area contributed by atoms with Crippen LogP contribution in [-0.4, -0.2) is 65.3 Å². The average Bonchev–Trinajstić information content (AvgIpc) is 3.09. The molecule has 10 nitrogen and oxygen atoms in total. The number of sulfone groups is 1. The maximum atomic E-state index is 13.0. The second-order valence-corrected chi connectivity index (χ2v) is 13.5. The Kier molecular flexibility index (Phi) is 7.63. The minimum absolute atomic E-state index is 0.0648. The Morgan fingerprint density at radius 2 is 1.79 bits per heavy atom. The molecule has 1 saturated heterocycles. The van der Waals surface area contributed by atoms with Crippen LogP contribution in [0.4, 0.5) is 5.82 Å². The molecule has 218 valence electrons. The number of pyridine rings is 4. The fraction of sp³-hybridized carbons (Fsp3) is 0.387. The zero-order valence-corrected chi connectivity index (χ0v) is 24.8. The molecule has 6 heterocycles. The maximum absolute atomic E-state index is 13.0. The number of carbonyl (C=O) groups excluding carboxylic acids is 1. The van der Waals surface area contributed by atoms with Crippen molar-refractivity contribution in [1.82, 2.24) is 25.3 Å². The zero-order chi connectivity index (χ0) is 29.4. The number of carbonyl (C=O) groups is 1. The van der Waals surface area contributed by atoms with Crippen molar-refractivity contribution in [2.45, 2.75) is 57.3 Å². The van der Waals surface area contributed by atoms with E-state index >= 15 is 0 Å². The number of nitrogens with one attached hydrogen (secondary N) is 1. The van der Waals surface area contributed by atoms with E-state index in [-0.39, 0.29) is 40.9 Å². The van der Waals surface area contributed by atoms with Gasteiger partial charge in [0.05, 0.1) is 63.3 Å². The van der Waals surface area contributed by atoms with Crippen LogP contribution in [0.5, 0.6) is 0 Å². The fourth-order valence-corrected chi connectivity index (χ4v) is 7.33. The molecule has 1 N–H and O–H groups in total. The first-order valence-corrected chi connectivity index (χ1v) is 15.9. The van der Waals surface area contributed by atoms with Gasteiger partial charge in [0.15, 0.2) is 9.84 Å². The van der Waals surface area contributed by atoms with E-state index in [0.29, 0.717) is 24.2 Å². The largest absolute Gasteiger partial charge is 0.372 e. The van der Waals surface area contributed by atoms with Crippen molar-refractivity contribution in [3.05, 3.63) is 71.8 Å². The summed E-state index contributed by atoms with van der Waals surface area (Å²) in [6.45, 7) is 7.87. The highest BCUT2D eigenvalue weighted by molar-refractivity contribution is 7.91. The summed E-state index contributed by atoms with van der Waals surface area (Å²) in [5.41, 5.74) is 3.62. The highest BCUT2D eigenvalue weighted by Gasteiger charge is 2.27. The van der Waals surface area contributed by atoms with Crippen LogP contribution in [0.3, 0.4) is 0 Å². The van der Waals surface area contributed by atoms with Crippen LogP contribution in [0.15, 0.2) is 59.8 Å². The van der Waals surface area contributed by atoms with Crippen molar-refractivity contribution in [2.24, 2.45) is 5.92 Å². The lowest BCUT2D eigenvalue weighted by molar-refractivity contribution is -0.00545. The van der Waals surface area contributed by atoms with Gasteiger partial charge in [-0.3, -0.25) is 14.8 Å². The van der Waals surface area contributed by atoms with E-state index in [2.05, 4.69) is 34.0 Å². The number of ether oxygens (including phenoxy) is 1. The van der Waals surface area contributed by atoms with E-state index in [0.717, 1.165) is 41.2 Å². The molecule has 0 aliphatic carbocycles. The molecule has 0 spiro atoms. The van der Waals surface area contributed by atoms with Crippen molar-refractivity contribution >= 4 is 32.5 Å². The summed E-state index contributed by atoms with van der Waals surface area (Å²) in [5.74, 6) is 0.770. The Labute approximate surface area is 245 Å². The van der Waals surface area contributed by atoms with Gasteiger partial charge in [-0.2, -0.15) is 0 Å². The van der Waals surface area contributed by atoms with Crippen LogP contribution in [0.2, 0.25) is 0 Å². The van der Waals surface area contributed by atoms with E-state index in [4.69, 9.17) is 14.7 Å². The Balaban J connectivity index is 1.19. The lowest BCUT2D eigenvalue weighted by Gasteiger charge is -2.36. The van der Waals surface area contributed by atoms with Crippen molar-refractivity contribution < 1.29 is 17.9 Å². The van der Waals surface area contributed by atoms with Crippen LogP contribution >= 0.6 is 0 Å². The molecule has 0 unspecified atom stereocenters.